The van der Waals surface area contributed by atoms with Crippen LogP contribution in [0, 0.1) is 0 Å². The number of ether oxygens (including phenoxy) is 1. The van der Waals surface area contributed by atoms with Crippen LogP contribution in [0.5, 0.6) is 0 Å². The Morgan fingerprint density at radius 3 is 3.05 bits per heavy atom. The van der Waals surface area contributed by atoms with Gasteiger partial charge in [0.1, 0.15) is 18.3 Å². The first-order chi connectivity index (χ1) is 9.13. The number of likely N-dealkylation sites (tertiary alicyclic amines) is 1. The lowest BCUT2D eigenvalue weighted by molar-refractivity contribution is -0.153. The molecule has 0 spiro atoms. The fourth-order valence-corrected chi connectivity index (χ4v) is 3.05. The van der Waals surface area contributed by atoms with E-state index in [-0.39, 0.29) is 18.3 Å². The van der Waals surface area contributed by atoms with Gasteiger partial charge in [0.2, 0.25) is 0 Å². The number of carbonyl (C=O) groups is 2. The summed E-state index contributed by atoms with van der Waals surface area (Å²) in [5.41, 5.74) is 0. The molecule has 1 aliphatic heterocycles. The fourth-order valence-electron chi connectivity index (χ4n) is 2.31. The van der Waals surface area contributed by atoms with Crippen LogP contribution in [0.2, 0.25) is 0 Å². The van der Waals surface area contributed by atoms with Crippen molar-refractivity contribution < 1.29 is 14.3 Å². The van der Waals surface area contributed by atoms with E-state index in [0.29, 0.717) is 0 Å². The molecular formula is C14H19NO3S. The molecule has 0 aliphatic carbocycles. The number of hydrogen-bond acceptors (Lipinski definition) is 5. The van der Waals surface area contributed by atoms with Gasteiger partial charge in [-0.25, -0.2) is 0 Å². The minimum atomic E-state index is -0.393. The molecule has 0 radical (unpaired) electrons. The van der Waals surface area contributed by atoms with Crippen LogP contribution in [0.4, 0.5) is 0 Å². The van der Waals surface area contributed by atoms with Crippen LogP contribution in [-0.4, -0.2) is 35.8 Å². The average Bonchev–Trinajstić information content (AvgIpc) is 2.81. The summed E-state index contributed by atoms with van der Waals surface area (Å²) in [4.78, 5) is 26.0. The molecule has 1 aliphatic rings. The number of nitrogens with zero attached hydrogens (tertiary/aromatic N) is 1. The molecule has 1 atom stereocenters. The SMILES string of the molecule is CC(=O)CC(=O)OC1CCCN(Cc2cccs2)C1. The molecule has 104 valence electrons. The zero-order chi connectivity index (χ0) is 13.7. The molecule has 1 unspecified atom stereocenters. The van der Waals surface area contributed by atoms with Crippen LogP contribution in [0.1, 0.15) is 31.1 Å². The van der Waals surface area contributed by atoms with Crippen molar-refractivity contribution in [2.24, 2.45) is 0 Å². The first-order valence-electron chi connectivity index (χ1n) is 6.57. The predicted octanol–water partition coefficient (Wildman–Crippen LogP) is 2.23. The Labute approximate surface area is 117 Å². The van der Waals surface area contributed by atoms with Gasteiger partial charge in [-0.05, 0) is 37.8 Å². The summed E-state index contributed by atoms with van der Waals surface area (Å²) < 4.78 is 5.35. The van der Waals surface area contributed by atoms with Crippen LogP contribution in [0.15, 0.2) is 17.5 Å². The van der Waals surface area contributed by atoms with Crippen molar-refractivity contribution >= 4 is 23.1 Å². The highest BCUT2D eigenvalue weighted by Crippen LogP contribution is 2.18. The molecule has 5 heteroatoms. The van der Waals surface area contributed by atoms with Crippen molar-refractivity contribution in [1.82, 2.24) is 4.90 Å². The number of esters is 1. The van der Waals surface area contributed by atoms with Gasteiger partial charge < -0.3 is 4.74 Å². The summed E-state index contributed by atoms with van der Waals surface area (Å²) >= 11 is 1.75. The molecule has 4 nitrogen and oxygen atoms in total. The van der Waals surface area contributed by atoms with E-state index >= 15 is 0 Å². The maximum absolute atomic E-state index is 11.5. The molecule has 1 saturated heterocycles. The summed E-state index contributed by atoms with van der Waals surface area (Å²) in [5.74, 6) is -0.535. The number of rotatable bonds is 5. The molecular weight excluding hydrogens is 262 g/mol. The number of carbonyl (C=O) groups excluding carboxylic acids is 2. The molecule has 0 bridgehead atoms. The number of hydrogen-bond donors (Lipinski definition) is 0. The van der Waals surface area contributed by atoms with E-state index in [1.807, 2.05) is 6.07 Å². The molecule has 19 heavy (non-hydrogen) atoms. The third-order valence-electron chi connectivity index (χ3n) is 3.11. The molecule has 1 aromatic rings. The number of ketones is 1. The van der Waals surface area contributed by atoms with Crippen LogP contribution < -0.4 is 0 Å². The molecule has 0 aromatic carbocycles. The second-order valence-electron chi connectivity index (χ2n) is 4.95. The Morgan fingerprint density at radius 2 is 2.37 bits per heavy atom. The van der Waals surface area contributed by atoms with Gasteiger partial charge >= 0.3 is 5.97 Å². The van der Waals surface area contributed by atoms with Crippen molar-refractivity contribution in [2.45, 2.75) is 38.8 Å². The van der Waals surface area contributed by atoms with E-state index in [0.717, 1.165) is 32.5 Å². The van der Waals surface area contributed by atoms with E-state index < -0.39 is 5.97 Å². The molecule has 2 heterocycles. The van der Waals surface area contributed by atoms with Crippen molar-refractivity contribution in [1.29, 1.82) is 0 Å². The van der Waals surface area contributed by atoms with E-state index in [2.05, 4.69) is 16.3 Å². The summed E-state index contributed by atoms with van der Waals surface area (Å²) in [6, 6.07) is 4.17. The van der Waals surface area contributed by atoms with Gasteiger partial charge in [0, 0.05) is 18.0 Å². The van der Waals surface area contributed by atoms with Gasteiger partial charge in [-0.15, -0.1) is 11.3 Å². The van der Waals surface area contributed by atoms with Gasteiger partial charge in [0.15, 0.2) is 0 Å². The fraction of sp³-hybridized carbons (Fsp3) is 0.571. The van der Waals surface area contributed by atoms with Gasteiger partial charge in [0.25, 0.3) is 0 Å². The van der Waals surface area contributed by atoms with Gasteiger partial charge in [-0.2, -0.15) is 0 Å². The lowest BCUT2D eigenvalue weighted by atomic mass is 10.1. The van der Waals surface area contributed by atoms with Gasteiger partial charge in [0.05, 0.1) is 0 Å². The third-order valence-corrected chi connectivity index (χ3v) is 3.97. The van der Waals surface area contributed by atoms with Crippen molar-refractivity contribution in [2.75, 3.05) is 13.1 Å². The first-order valence-corrected chi connectivity index (χ1v) is 7.45. The lowest BCUT2D eigenvalue weighted by Gasteiger charge is -2.31. The summed E-state index contributed by atoms with van der Waals surface area (Å²) in [6.45, 7) is 4.13. The number of thiophene rings is 1. The average molecular weight is 281 g/mol. The maximum Gasteiger partial charge on any atom is 0.313 e. The van der Waals surface area contributed by atoms with Gasteiger partial charge in [-0.3, -0.25) is 14.5 Å². The van der Waals surface area contributed by atoms with Crippen LogP contribution >= 0.6 is 11.3 Å². The molecule has 1 fully saturated rings. The Bertz CT molecular complexity index is 430. The van der Waals surface area contributed by atoms with Crippen molar-refractivity contribution in [3.63, 3.8) is 0 Å². The van der Waals surface area contributed by atoms with Crippen LogP contribution in [-0.2, 0) is 20.9 Å². The Hall–Kier alpha value is -1.20. The highest BCUT2D eigenvalue weighted by atomic mass is 32.1. The zero-order valence-corrected chi connectivity index (χ0v) is 11.9. The highest BCUT2D eigenvalue weighted by molar-refractivity contribution is 7.09. The van der Waals surface area contributed by atoms with Crippen molar-refractivity contribution in [3.05, 3.63) is 22.4 Å². The number of piperidine rings is 1. The molecule has 0 N–H and O–H groups in total. The smallest absolute Gasteiger partial charge is 0.313 e. The standard InChI is InChI=1S/C14H19NO3S/c1-11(16)8-14(17)18-12-4-2-6-15(9-12)10-13-5-3-7-19-13/h3,5,7,12H,2,4,6,8-10H2,1H3. The monoisotopic (exact) mass is 281 g/mol. The van der Waals surface area contributed by atoms with E-state index in [1.54, 1.807) is 11.3 Å². The Kier molecular flexibility index (Phi) is 5.10. The van der Waals surface area contributed by atoms with E-state index in [4.69, 9.17) is 4.74 Å². The molecule has 0 saturated carbocycles. The topological polar surface area (TPSA) is 46.6 Å². The van der Waals surface area contributed by atoms with E-state index in [1.165, 1.54) is 11.8 Å². The summed E-state index contributed by atoms with van der Waals surface area (Å²) in [7, 11) is 0. The second-order valence-corrected chi connectivity index (χ2v) is 5.98. The second kappa shape index (κ2) is 6.82. The Balaban J connectivity index is 1.80. The minimum absolute atomic E-state index is 0.0689. The third kappa shape index (κ3) is 4.76. The zero-order valence-electron chi connectivity index (χ0n) is 11.1. The van der Waals surface area contributed by atoms with Crippen molar-refractivity contribution in [3.8, 4) is 0 Å². The molecule has 2 rings (SSSR count). The normalized spacial score (nSPS) is 20.2. The minimum Gasteiger partial charge on any atom is -0.461 e. The lowest BCUT2D eigenvalue weighted by Crippen LogP contribution is -2.40. The largest absolute Gasteiger partial charge is 0.461 e. The molecule has 0 amide bonds. The van der Waals surface area contributed by atoms with Gasteiger partial charge in [-0.1, -0.05) is 6.07 Å². The maximum atomic E-state index is 11.5. The highest BCUT2D eigenvalue weighted by Gasteiger charge is 2.23. The van der Waals surface area contributed by atoms with Crippen LogP contribution in [0.3, 0.4) is 0 Å². The Morgan fingerprint density at radius 1 is 1.53 bits per heavy atom. The van der Waals surface area contributed by atoms with E-state index in [9.17, 15) is 9.59 Å². The number of Topliss-reactive ketones (excluding diaryl/α,β-unsaturated/α-hetero) is 1. The molecule has 1 aromatic heterocycles. The summed E-state index contributed by atoms with van der Waals surface area (Å²) in [6.07, 6.45) is 1.75. The van der Waals surface area contributed by atoms with Crippen LogP contribution in [0.25, 0.3) is 0 Å². The predicted molar refractivity (Wildman–Crippen MR) is 74.0 cm³/mol. The summed E-state index contributed by atoms with van der Waals surface area (Å²) in [5, 5.41) is 2.07. The quantitative estimate of drug-likeness (QED) is 0.613. The first kappa shape index (κ1) is 14.2.